The van der Waals surface area contributed by atoms with Crippen molar-refractivity contribution < 1.29 is 9.53 Å². The summed E-state index contributed by atoms with van der Waals surface area (Å²) in [7, 11) is 0. The molecule has 8 heteroatoms. The number of ether oxygens (including phenoxy) is 1. The molecule has 0 radical (unpaired) electrons. The number of para-hydroxylation sites is 1. The van der Waals surface area contributed by atoms with Gasteiger partial charge in [0.1, 0.15) is 11.8 Å². The number of nitrogens with zero attached hydrogens (tertiary/aromatic N) is 3. The van der Waals surface area contributed by atoms with E-state index in [2.05, 4.69) is 20.8 Å². The van der Waals surface area contributed by atoms with Crippen LogP contribution in [0.3, 0.4) is 0 Å². The molecule has 0 fully saturated rings. The molecule has 0 aromatic heterocycles. The van der Waals surface area contributed by atoms with Gasteiger partial charge in [-0.05, 0) is 43.2 Å². The van der Waals surface area contributed by atoms with E-state index in [1.807, 2.05) is 37.3 Å². The summed E-state index contributed by atoms with van der Waals surface area (Å²) in [5.74, 6) is 1.05. The van der Waals surface area contributed by atoms with Gasteiger partial charge in [0.2, 0.25) is 0 Å². The van der Waals surface area contributed by atoms with E-state index >= 15 is 0 Å². The number of benzene rings is 2. The number of rotatable bonds is 6. The quantitative estimate of drug-likeness (QED) is 0.565. The fourth-order valence-corrected chi connectivity index (χ4v) is 3.36. The molecule has 1 aliphatic heterocycles. The molecule has 2 N–H and O–H groups in total. The maximum atomic E-state index is 12.0. The standard InChI is InChI=1S/C21H21N5O2S/c1-15(16-7-9-18(10-8-16)24-21-23-11-4-12-29-21)25-26-20(27)14-28-19-6-3-2-5-17(19)13-22/h2-3,5-10H,4,11-12,14H2,1H3,(H,23,24)(H,26,27)/b25-15-. The second-order valence-electron chi connectivity index (χ2n) is 6.22. The maximum Gasteiger partial charge on any atom is 0.277 e. The third-order valence-electron chi connectivity index (χ3n) is 4.07. The lowest BCUT2D eigenvalue weighted by atomic mass is 10.1. The van der Waals surface area contributed by atoms with Gasteiger partial charge in [-0.1, -0.05) is 36.0 Å². The fraction of sp³-hybridized carbons (Fsp3) is 0.238. The van der Waals surface area contributed by atoms with E-state index in [0.29, 0.717) is 17.0 Å². The van der Waals surface area contributed by atoms with E-state index in [9.17, 15) is 4.79 Å². The van der Waals surface area contributed by atoms with Crippen LogP contribution in [0.15, 0.2) is 58.6 Å². The second kappa shape index (κ2) is 10.3. The molecule has 2 aromatic rings. The van der Waals surface area contributed by atoms with Crippen LogP contribution in [0, 0.1) is 11.3 Å². The van der Waals surface area contributed by atoms with Crippen molar-refractivity contribution >= 4 is 34.2 Å². The number of thioether (sulfide) groups is 1. The van der Waals surface area contributed by atoms with Crippen molar-refractivity contribution in [2.75, 3.05) is 24.2 Å². The van der Waals surface area contributed by atoms with Crippen LogP contribution >= 0.6 is 11.8 Å². The molecule has 3 rings (SSSR count). The molecule has 0 unspecified atom stereocenters. The summed E-state index contributed by atoms with van der Waals surface area (Å²) >= 11 is 1.72. The number of nitriles is 1. The van der Waals surface area contributed by atoms with E-state index < -0.39 is 5.91 Å². The summed E-state index contributed by atoms with van der Waals surface area (Å²) in [6, 6.07) is 16.6. The second-order valence-corrected chi connectivity index (χ2v) is 7.30. The molecular formula is C21H21N5O2S. The Morgan fingerprint density at radius 3 is 2.79 bits per heavy atom. The molecular weight excluding hydrogens is 386 g/mol. The molecule has 0 saturated heterocycles. The molecule has 0 aliphatic carbocycles. The van der Waals surface area contributed by atoms with Gasteiger partial charge in [0.05, 0.1) is 11.3 Å². The van der Waals surface area contributed by atoms with Crippen molar-refractivity contribution in [3.63, 3.8) is 0 Å². The van der Waals surface area contributed by atoms with E-state index in [4.69, 9.17) is 10.00 Å². The minimum Gasteiger partial charge on any atom is -0.482 e. The molecule has 7 nitrogen and oxygen atoms in total. The van der Waals surface area contributed by atoms with Gasteiger partial charge in [-0.2, -0.15) is 10.4 Å². The number of amides is 1. The van der Waals surface area contributed by atoms with Gasteiger partial charge < -0.3 is 10.1 Å². The van der Waals surface area contributed by atoms with Crippen LogP contribution in [0.5, 0.6) is 5.75 Å². The maximum absolute atomic E-state index is 12.0. The lowest BCUT2D eigenvalue weighted by Gasteiger charge is -2.13. The van der Waals surface area contributed by atoms with Gasteiger partial charge in [0.15, 0.2) is 11.8 Å². The predicted octanol–water partition coefficient (Wildman–Crippen LogP) is 3.38. The molecule has 0 spiro atoms. The number of anilines is 1. The Hall–Kier alpha value is -3.31. The lowest BCUT2D eigenvalue weighted by Crippen LogP contribution is -2.25. The largest absolute Gasteiger partial charge is 0.482 e. The minimum absolute atomic E-state index is 0.224. The zero-order valence-corrected chi connectivity index (χ0v) is 16.8. The van der Waals surface area contributed by atoms with Gasteiger partial charge in [-0.25, -0.2) is 5.43 Å². The van der Waals surface area contributed by atoms with Crippen molar-refractivity contribution in [1.29, 1.82) is 5.26 Å². The average Bonchev–Trinajstić information content (AvgIpc) is 2.77. The molecule has 1 aliphatic rings. The highest BCUT2D eigenvalue weighted by Crippen LogP contribution is 2.17. The number of carbonyl (C=O) groups is 1. The highest BCUT2D eigenvalue weighted by atomic mass is 32.2. The number of aliphatic imine (C=N–C) groups is 1. The topological polar surface area (TPSA) is 98.9 Å². The molecule has 148 valence electrons. The number of amidine groups is 1. The SMILES string of the molecule is C/C(=N/NC(=O)COc1ccccc1C#N)c1ccc(NC2=NCCCS2)cc1. The van der Waals surface area contributed by atoms with Crippen molar-refractivity contribution in [2.24, 2.45) is 10.1 Å². The Labute approximate surface area is 173 Å². The highest BCUT2D eigenvalue weighted by molar-refractivity contribution is 8.14. The molecule has 1 heterocycles. The summed E-state index contributed by atoms with van der Waals surface area (Å²) < 4.78 is 5.39. The molecule has 1 amide bonds. The summed E-state index contributed by atoms with van der Waals surface area (Å²) in [6.07, 6.45) is 1.12. The smallest absolute Gasteiger partial charge is 0.277 e. The van der Waals surface area contributed by atoms with Crippen LogP contribution < -0.4 is 15.5 Å². The first-order valence-electron chi connectivity index (χ1n) is 9.15. The molecule has 29 heavy (non-hydrogen) atoms. The third-order valence-corrected chi connectivity index (χ3v) is 5.06. The van der Waals surface area contributed by atoms with E-state index in [-0.39, 0.29) is 6.61 Å². The van der Waals surface area contributed by atoms with Crippen LogP contribution in [0.4, 0.5) is 5.69 Å². The first-order chi connectivity index (χ1) is 14.2. The van der Waals surface area contributed by atoms with E-state index in [1.54, 1.807) is 36.0 Å². The third kappa shape index (κ3) is 6.09. The van der Waals surface area contributed by atoms with Crippen LogP contribution in [-0.2, 0) is 4.79 Å². The molecule has 2 aromatic carbocycles. The predicted molar refractivity (Wildman–Crippen MR) is 116 cm³/mol. The molecule has 0 atom stereocenters. The van der Waals surface area contributed by atoms with Gasteiger partial charge in [-0.15, -0.1) is 0 Å². The molecule has 0 bridgehead atoms. The van der Waals surface area contributed by atoms with E-state index in [1.165, 1.54) is 0 Å². The van der Waals surface area contributed by atoms with Crippen molar-refractivity contribution in [2.45, 2.75) is 13.3 Å². The summed E-state index contributed by atoms with van der Waals surface area (Å²) in [5, 5.41) is 17.4. The van der Waals surface area contributed by atoms with Crippen molar-refractivity contribution in [1.82, 2.24) is 5.43 Å². The lowest BCUT2D eigenvalue weighted by molar-refractivity contribution is -0.123. The number of nitrogens with one attached hydrogen (secondary N) is 2. The van der Waals surface area contributed by atoms with Crippen LogP contribution in [-0.4, -0.2) is 35.7 Å². The number of carbonyl (C=O) groups excluding carboxylic acids is 1. The van der Waals surface area contributed by atoms with Gasteiger partial charge in [-0.3, -0.25) is 9.79 Å². The molecule has 0 saturated carbocycles. The average molecular weight is 407 g/mol. The monoisotopic (exact) mass is 407 g/mol. The van der Waals surface area contributed by atoms with Gasteiger partial charge >= 0.3 is 0 Å². The first-order valence-corrected chi connectivity index (χ1v) is 10.1. The first kappa shape index (κ1) is 20.4. The Balaban J connectivity index is 1.51. The number of hydrogen-bond acceptors (Lipinski definition) is 7. The summed E-state index contributed by atoms with van der Waals surface area (Å²) in [4.78, 5) is 16.4. The number of hydrazone groups is 1. The summed E-state index contributed by atoms with van der Waals surface area (Å²) in [6.45, 7) is 2.46. The van der Waals surface area contributed by atoms with Crippen molar-refractivity contribution in [3.8, 4) is 11.8 Å². The normalized spacial score (nSPS) is 13.8. The van der Waals surface area contributed by atoms with Crippen LogP contribution in [0.1, 0.15) is 24.5 Å². The Bertz CT molecular complexity index is 964. The van der Waals surface area contributed by atoms with Gasteiger partial charge in [0.25, 0.3) is 5.91 Å². The van der Waals surface area contributed by atoms with E-state index in [0.717, 1.165) is 35.1 Å². The van der Waals surface area contributed by atoms with Gasteiger partial charge in [0, 0.05) is 18.0 Å². The summed E-state index contributed by atoms with van der Waals surface area (Å²) in [5.41, 5.74) is 5.38. The zero-order valence-electron chi connectivity index (χ0n) is 16.0. The minimum atomic E-state index is -0.400. The Morgan fingerprint density at radius 1 is 1.28 bits per heavy atom. The Morgan fingerprint density at radius 2 is 2.07 bits per heavy atom. The van der Waals surface area contributed by atoms with Crippen molar-refractivity contribution in [3.05, 3.63) is 59.7 Å². The van der Waals surface area contributed by atoms with Crippen LogP contribution in [0.25, 0.3) is 0 Å². The highest BCUT2D eigenvalue weighted by Gasteiger charge is 2.08. The fourth-order valence-electron chi connectivity index (χ4n) is 2.52. The van der Waals surface area contributed by atoms with Crippen LogP contribution in [0.2, 0.25) is 0 Å². The number of hydrogen-bond donors (Lipinski definition) is 2. The zero-order chi connectivity index (χ0) is 20.5. The Kier molecular flexibility index (Phi) is 7.25.